The fraction of sp³-hybridized carbons (Fsp3) is 0.913. The topological polar surface area (TPSA) is 49.5 Å². The van der Waals surface area contributed by atoms with Crippen LogP contribution in [0.15, 0.2) is 11.6 Å². The number of hydrogen-bond acceptors (Lipinski definition) is 5. The number of rotatable bonds is 5. The van der Waals surface area contributed by atoms with E-state index in [0.717, 1.165) is 38.5 Å². The van der Waals surface area contributed by atoms with Crippen molar-refractivity contribution < 1.29 is 23.7 Å². The maximum absolute atomic E-state index is 6.67. The van der Waals surface area contributed by atoms with Crippen molar-refractivity contribution >= 4 is 0 Å². The van der Waals surface area contributed by atoms with Crippen LogP contribution >= 0.6 is 0 Å². The van der Waals surface area contributed by atoms with E-state index in [1.54, 1.807) is 26.9 Å². The first-order valence-electron chi connectivity index (χ1n) is 10.9. The Hall–Kier alpha value is -0.460. The molecule has 0 bridgehead atoms. The highest BCUT2D eigenvalue weighted by Crippen LogP contribution is 2.74. The van der Waals surface area contributed by atoms with Crippen molar-refractivity contribution in [1.29, 1.82) is 0 Å². The number of allylic oxidation sites excluding steroid dienone is 1. The lowest BCUT2D eigenvalue weighted by molar-refractivity contribution is -0.229. The average Bonchev–Trinajstić information content (AvgIpc) is 3.32. The lowest BCUT2D eigenvalue weighted by Crippen LogP contribution is -2.56. The largest absolute Gasteiger partial charge is 0.382 e. The molecule has 0 aromatic carbocycles. The Morgan fingerprint density at radius 3 is 2.46 bits per heavy atom. The molecule has 1 heterocycles. The van der Waals surface area contributed by atoms with Crippen LogP contribution in [-0.2, 0) is 23.7 Å². The normalized spacial score (nSPS) is 50.8. The molecule has 0 N–H and O–H groups in total. The Labute approximate surface area is 169 Å². The molecule has 4 fully saturated rings. The molecule has 5 heteroatoms. The van der Waals surface area contributed by atoms with Gasteiger partial charge in [-0.1, -0.05) is 13.0 Å². The van der Waals surface area contributed by atoms with Gasteiger partial charge in [0.05, 0.1) is 12.2 Å². The summed E-state index contributed by atoms with van der Waals surface area (Å²) in [5, 5.41) is 0. The summed E-state index contributed by atoms with van der Waals surface area (Å²) in [4.78, 5) is 0. The minimum absolute atomic E-state index is 0.0582. The van der Waals surface area contributed by atoms with Crippen molar-refractivity contribution in [3.63, 3.8) is 0 Å². The molecule has 0 aromatic heterocycles. The predicted molar refractivity (Wildman–Crippen MR) is 105 cm³/mol. The van der Waals surface area contributed by atoms with Crippen molar-refractivity contribution in [2.45, 2.75) is 80.9 Å². The molecule has 158 valence electrons. The fourth-order valence-corrected chi connectivity index (χ4v) is 7.97. The first-order valence-corrected chi connectivity index (χ1v) is 10.9. The molecule has 0 amide bonds. The van der Waals surface area contributed by atoms with Crippen LogP contribution in [0.25, 0.3) is 0 Å². The van der Waals surface area contributed by atoms with Crippen molar-refractivity contribution in [2.24, 2.45) is 17.3 Å². The van der Waals surface area contributed by atoms with Crippen LogP contribution in [0.4, 0.5) is 0 Å². The van der Waals surface area contributed by atoms with Crippen molar-refractivity contribution in [1.82, 2.24) is 0 Å². The maximum atomic E-state index is 6.67. The molecule has 5 aliphatic rings. The zero-order valence-corrected chi connectivity index (χ0v) is 18.1. The van der Waals surface area contributed by atoms with Gasteiger partial charge >= 0.3 is 0 Å². The number of epoxide rings is 1. The summed E-state index contributed by atoms with van der Waals surface area (Å²) in [5.41, 5.74) is 1.42. The van der Waals surface area contributed by atoms with Gasteiger partial charge in [0.15, 0.2) is 5.79 Å². The van der Waals surface area contributed by atoms with E-state index in [-0.39, 0.29) is 22.2 Å². The zero-order valence-electron chi connectivity index (χ0n) is 18.1. The molecule has 28 heavy (non-hydrogen) atoms. The quantitative estimate of drug-likeness (QED) is 0.404. The van der Waals surface area contributed by atoms with Crippen LogP contribution in [0, 0.1) is 17.3 Å². The van der Waals surface area contributed by atoms with Gasteiger partial charge in [0.1, 0.15) is 11.2 Å². The summed E-state index contributed by atoms with van der Waals surface area (Å²) in [6, 6.07) is 0. The molecule has 0 unspecified atom stereocenters. The van der Waals surface area contributed by atoms with Crippen LogP contribution in [0.5, 0.6) is 0 Å². The first-order chi connectivity index (χ1) is 13.4. The van der Waals surface area contributed by atoms with Crippen molar-refractivity contribution in [3.8, 4) is 0 Å². The van der Waals surface area contributed by atoms with Gasteiger partial charge in [0.25, 0.3) is 0 Å². The Morgan fingerprint density at radius 1 is 1.00 bits per heavy atom. The van der Waals surface area contributed by atoms with E-state index in [2.05, 4.69) is 13.0 Å². The number of ether oxygens (including phenoxy) is 5. The smallest absolute Gasteiger partial charge is 0.170 e. The summed E-state index contributed by atoms with van der Waals surface area (Å²) < 4.78 is 30.1. The molecule has 1 saturated heterocycles. The summed E-state index contributed by atoms with van der Waals surface area (Å²) in [7, 11) is 7.21. The molecule has 0 radical (unpaired) electrons. The van der Waals surface area contributed by atoms with Gasteiger partial charge in [-0.15, -0.1) is 0 Å². The monoisotopic (exact) mass is 392 g/mol. The Morgan fingerprint density at radius 2 is 1.79 bits per heavy atom. The molecule has 3 saturated carbocycles. The minimum Gasteiger partial charge on any atom is -0.382 e. The molecule has 1 aliphatic heterocycles. The van der Waals surface area contributed by atoms with Crippen molar-refractivity contribution in [3.05, 3.63) is 11.6 Å². The second-order valence-electron chi connectivity index (χ2n) is 10.1. The molecule has 0 aromatic rings. The molecule has 4 aliphatic carbocycles. The maximum Gasteiger partial charge on any atom is 0.170 e. The second-order valence-corrected chi connectivity index (χ2v) is 10.1. The van der Waals surface area contributed by atoms with E-state index in [1.807, 2.05) is 7.11 Å². The van der Waals surface area contributed by atoms with Gasteiger partial charge < -0.3 is 23.7 Å². The Bertz CT molecular complexity index is 686. The Balaban J connectivity index is 1.47. The van der Waals surface area contributed by atoms with Crippen LogP contribution < -0.4 is 0 Å². The molecule has 0 spiro atoms. The highest BCUT2D eigenvalue weighted by atomic mass is 16.7. The minimum atomic E-state index is -0.479. The molecular weight excluding hydrogens is 356 g/mol. The first kappa shape index (κ1) is 19.5. The van der Waals surface area contributed by atoms with E-state index in [9.17, 15) is 0 Å². The zero-order chi connectivity index (χ0) is 19.8. The summed E-state index contributed by atoms with van der Waals surface area (Å²) in [6.07, 6.45) is 11.0. The SMILES string of the molecule is COC[C@]1(OC)CC[C@H]2[C@@H]3CC[C@]45CC(OC)(OC)CC[C@]4(O5)C3=CC[C@@]21C. The van der Waals surface area contributed by atoms with Gasteiger partial charge in [0.2, 0.25) is 0 Å². The lowest BCUT2D eigenvalue weighted by atomic mass is 9.53. The van der Waals surface area contributed by atoms with E-state index < -0.39 is 5.79 Å². The lowest BCUT2D eigenvalue weighted by Gasteiger charge is -2.53. The third-order valence-corrected chi connectivity index (χ3v) is 9.66. The average molecular weight is 393 g/mol. The van der Waals surface area contributed by atoms with E-state index in [1.165, 1.54) is 12.8 Å². The molecule has 5 rings (SSSR count). The van der Waals surface area contributed by atoms with Crippen LogP contribution in [0.2, 0.25) is 0 Å². The third-order valence-electron chi connectivity index (χ3n) is 9.66. The van der Waals surface area contributed by atoms with Crippen LogP contribution in [-0.4, -0.2) is 57.6 Å². The second kappa shape index (κ2) is 6.04. The number of fused-ring (bicyclic) bond motifs is 3. The van der Waals surface area contributed by atoms with Gasteiger partial charge in [-0.2, -0.15) is 0 Å². The van der Waals surface area contributed by atoms with Crippen molar-refractivity contribution in [2.75, 3.05) is 35.0 Å². The predicted octanol–water partition coefficient (Wildman–Crippen LogP) is 3.86. The highest BCUT2D eigenvalue weighted by Gasteiger charge is 2.79. The van der Waals surface area contributed by atoms with Crippen LogP contribution in [0.3, 0.4) is 0 Å². The number of methoxy groups -OCH3 is 4. The third kappa shape index (κ3) is 2.10. The summed E-state index contributed by atoms with van der Waals surface area (Å²) in [5.74, 6) is 0.782. The van der Waals surface area contributed by atoms with E-state index >= 15 is 0 Å². The van der Waals surface area contributed by atoms with Crippen LogP contribution in [0.1, 0.15) is 58.3 Å². The summed E-state index contributed by atoms with van der Waals surface area (Å²) >= 11 is 0. The number of hydrogen-bond donors (Lipinski definition) is 0. The Kier molecular flexibility index (Phi) is 4.21. The van der Waals surface area contributed by atoms with Gasteiger partial charge in [-0.05, 0) is 55.9 Å². The van der Waals surface area contributed by atoms with Gasteiger partial charge in [0, 0.05) is 46.7 Å². The van der Waals surface area contributed by atoms with Gasteiger partial charge in [-0.25, -0.2) is 0 Å². The standard InChI is InChI=1S/C23H36O5/c1-19-9-7-18-16(17(19)8-11-21(19,25-3)15-24-2)6-10-20-14-22(26-4,27-5)12-13-23(18,20)28-20/h7,16-17H,6,8-15H2,1-5H3/t16-,17-,19-,20-,21+,23-/m0/s1. The highest BCUT2D eigenvalue weighted by molar-refractivity contribution is 5.43. The molecule has 6 atom stereocenters. The van der Waals surface area contributed by atoms with E-state index in [4.69, 9.17) is 23.7 Å². The van der Waals surface area contributed by atoms with Gasteiger partial charge in [-0.3, -0.25) is 0 Å². The molecule has 5 nitrogen and oxygen atoms in total. The fourth-order valence-electron chi connectivity index (χ4n) is 7.97. The van der Waals surface area contributed by atoms with E-state index in [0.29, 0.717) is 18.4 Å². The summed E-state index contributed by atoms with van der Waals surface area (Å²) in [6.45, 7) is 3.12. The molecular formula is C23H36O5.